The van der Waals surface area contributed by atoms with Crippen molar-refractivity contribution in [3.63, 3.8) is 0 Å². The van der Waals surface area contributed by atoms with E-state index in [1.165, 1.54) is 5.56 Å². The van der Waals surface area contributed by atoms with Crippen LogP contribution in [0.2, 0.25) is 0 Å². The van der Waals surface area contributed by atoms with Crippen LogP contribution in [0.4, 0.5) is 0 Å². The molecule has 106 valence electrons. The number of nitrogens with two attached hydrogens (primary N) is 1. The Bertz CT molecular complexity index is 388. The summed E-state index contributed by atoms with van der Waals surface area (Å²) < 4.78 is 10.6. The zero-order valence-corrected chi connectivity index (χ0v) is 11.9. The summed E-state index contributed by atoms with van der Waals surface area (Å²) in [5.74, 6) is 0.893. The number of hydrogen-bond acceptors (Lipinski definition) is 4. The fourth-order valence-corrected chi connectivity index (χ4v) is 2.60. The SMILES string of the molecule is COc1ccc(CC(C)(CN)N2CCOCC2)cc1. The summed E-state index contributed by atoms with van der Waals surface area (Å²) in [6.45, 7) is 6.42. The lowest BCUT2D eigenvalue weighted by Gasteiger charge is -2.43. The summed E-state index contributed by atoms with van der Waals surface area (Å²) in [6.07, 6.45) is 0.952. The van der Waals surface area contributed by atoms with E-state index >= 15 is 0 Å². The fraction of sp³-hybridized carbons (Fsp3) is 0.600. The number of benzene rings is 1. The first-order chi connectivity index (χ1) is 9.18. The first-order valence-corrected chi connectivity index (χ1v) is 6.84. The minimum atomic E-state index is -0.00162. The molecule has 1 saturated heterocycles. The van der Waals surface area contributed by atoms with Crippen LogP contribution in [0.1, 0.15) is 12.5 Å². The molecule has 0 aliphatic carbocycles. The van der Waals surface area contributed by atoms with Gasteiger partial charge in [0.1, 0.15) is 5.75 Å². The Hall–Kier alpha value is -1.10. The molecule has 1 heterocycles. The molecule has 0 aromatic heterocycles. The zero-order valence-electron chi connectivity index (χ0n) is 11.9. The maximum atomic E-state index is 6.03. The monoisotopic (exact) mass is 264 g/mol. The number of nitrogens with zero attached hydrogens (tertiary/aromatic N) is 1. The summed E-state index contributed by atoms with van der Waals surface area (Å²) in [5, 5.41) is 0. The van der Waals surface area contributed by atoms with Gasteiger partial charge in [0.15, 0.2) is 0 Å². The Balaban J connectivity index is 2.07. The van der Waals surface area contributed by atoms with Crippen LogP contribution in [0.3, 0.4) is 0 Å². The van der Waals surface area contributed by atoms with Crippen molar-refractivity contribution in [2.24, 2.45) is 5.73 Å². The van der Waals surface area contributed by atoms with Gasteiger partial charge in [-0.2, -0.15) is 0 Å². The number of ether oxygens (including phenoxy) is 2. The largest absolute Gasteiger partial charge is 0.497 e. The normalized spacial score (nSPS) is 19.9. The average molecular weight is 264 g/mol. The van der Waals surface area contributed by atoms with Gasteiger partial charge in [-0.1, -0.05) is 12.1 Å². The average Bonchev–Trinajstić information content (AvgIpc) is 2.49. The summed E-state index contributed by atoms with van der Waals surface area (Å²) in [5.41, 5.74) is 7.32. The summed E-state index contributed by atoms with van der Waals surface area (Å²) in [4.78, 5) is 2.45. The van der Waals surface area contributed by atoms with E-state index in [1.807, 2.05) is 12.1 Å². The van der Waals surface area contributed by atoms with E-state index in [0.29, 0.717) is 6.54 Å². The molecule has 1 unspecified atom stereocenters. The molecule has 0 radical (unpaired) electrons. The maximum absolute atomic E-state index is 6.03. The maximum Gasteiger partial charge on any atom is 0.118 e. The third-order valence-electron chi connectivity index (χ3n) is 3.96. The lowest BCUT2D eigenvalue weighted by molar-refractivity contribution is -0.0132. The van der Waals surface area contributed by atoms with Gasteiger partial charge in [-0.05, 0) is 31.0 Å². The molecule has 0 saturated carbocycles. The van der Waals surface area contributed by atoms with Crippen LogP contribution in [0.5, 0.6) is 5.75 Å². The van der Waals surface area contributed by atoms with Gasteiger partial charge in [-0.15, -0.1) is 0 Å². The minimum Gasteiger partial charge on any atom is -0.497 e. The highest BCUT2D eigenvalue weighted by molar-refractivity contribution is 5.28. The Morgan fingerprint density at radius 3 is 2.42 bits per heavy atom. The van der Waals surface area contributed by atoms with Crippen molar-refractivity contribution < 1.29 is 9.47 Å². The van der Waals surface area contributed by atoms with Gasteiger partial charge in [0.05, 0.1) is 20.3 Å². The molecule has 1 aliphatic rings. The molecule has 0 bridgehead atoms. The highest BCUT2D eigenvalue weighted by Gasteiger charge is 2.31. The topological polar surface area (TPSA) is 47.7 Å². The third-order valence-corrected chi connectivity index (χ3v) is 3.96. The quantitative estimate of drug-likeness (QED) is 0.870. The molecular formula is C15H24N2O2. The summed E-state index contributed by atoms with van der Waals surface area (Å²) in [7, 11) is 1.69. The first-order valence-electron chi connectivity index (χ1n) is 6.84. The van der Waals surface area contributed by atoms with Gasteiger partial charge < -0.3 is 15.2 Å². The van der Waals surface area contributed by atoms with Gasteiger partial charge in [-0.3, -0.25) is 4.90 Å². The molecule has 2 rings (SSSR count). The van der Waals surface area contributed by atoms with E-state index in [2.05, 4.69) is 24.0 Å². The van der Waals surface area contributed by atoms with Crippen molar-refractivity contribution in [3.05, 3.63) is 29.8 Å². The molecule has 0 spiro atoms. The van der Waals surface area contributed by atoms with Gasteiger partial charge in [0.25, 0.3) is 0 Å². The van der Waals surface area contributed by atoms with Crippen LogP contribution in [-0.4, -0.2) is 50.4 Å². The van der Waals surface area contributed by atoms with Crippen molar-refractivity contribution in [1.29, 1.82) is 0 Å². The molecular weight excluding hydrogens is 240 g/mol. The predicted octanol–water partition coefficient (Wildman–Crippen LogP) is 1.29. The van der Waals surface area contributed by atoms with Crippen LogP contribution in [0, 0.1) is 0 Å². The molecule has 1 atom stereocenters. The lowest BCUT2D eigenvalue weighted by Crippen LogP contribution is -2.56. The number of morpholine rings is 1. The molecule has 1 aliphatic heterocycles. The molecule has 0 amide bonds. The molecule has 4 nitrogen and oxygen atoms in total. The van der Waals surface area contributed by atoms with Crippen LogP contribution < -0.4 is 10.5 Å². The second-order valence-electron chi connectivity index (χ2n) is 5.33. The van der Waals surface area contributed by atoms with E-state index in [0.717, 1.165) is 38.5 Å². The number of methoxy groups -OCH3 is 1. The minimum absolute atomic E-state index is 0.00162. The second-order valence-corrected chi connectivity index (χ2v) is 5.33. The Kier molecular flexibility index (Phi) is 4.80. The fourth-order valence-electron chi connectivity index (χ4n) is 2.60. The molecule has 1 aromatic rings. The number of hydrogen-bond donors (Lipinski definition) is 1. The standard InChI is InChI=1S/C15H24N2O2/c1-15(12-16,17-7-9-19-10-8-17)11-13-3-5-14(18-2)6-4-13/h3-6H,7-12,16H2,1-2H3. The Morgan fingerprint density at radius 2 is 1.89 bits per heavy atom. The van der Waals surface area contributed by atoms with E-state index < -0.39 is 0 Å². The van der Waals surface area contributed by atoms with E-state index in [1.54, 1.807) is 7.11 Å². The van der Waals surface area contributed by atoms with Gasteiger partial charge in [0.2, 0.25) is 0 Å². The van der Waals surface area contributed by atoms with Crippen LogP contribution in [-0.2, 0) is 11.2 Å². The molecule has 1 aromatic carbocycles. The van der Waals surface area contributed by atoms with E-state index in [4.69, 9.17) is 15.2 Å². The molecule has 19 heavy (non-hydrogen) atoms. The van der Waals surface area contributed by atoms with Gasteiger partial charge in [-0.25, -0.2) is 0 Å². The third kappa shape index (κ3) is 3.47. The highest BCUT2D eigenvalue weighted by Crippen LogP contribution is 2.22. The highest BCUT2D eigenvalue weighted by atomic mass is 16.5. The first kappa shape index (κ1) is 14.3. The van der Waals surface area contributed by atoms with Crippen LogP contribution in [0.25, 0.3) is 0 Å². The number of rotatable bonds is 5. The Morgan fingerprint density at radius 1 is 1.26 bits per heavy atom. The van der Waals surface area contributed by atoms with Crippen molar-refractivity contribution in [2.45, 2.75) is 18.9 Å². The second kappa shape index (κ2) is 6.37. The van der Waals surface area contributed by atoms with Gasteiger partial charge >= 0.3 is 0 Å². The van der Waals surface area contributed by atoms with Gasteiger partial charge in [0, 0.05) is 25.2 Å². The molecule has 1 fully saturated rings. The van der Waals surface area contributed by atoms with Crippen LogP contribution in [0.15, 0.2) is 24.3 Å². The molecule has 4 heteroatoms. The van der Waals surface area contributed by atoms with Crippen molar-refractivity contribution in [1.82, 2.24) is 4.90 Å². The van der Waals surface area contributed by atoms with Crippen molar-refractivity contribution in [2.75, 3.05) is 40.0 Å². The smallest absolute Gasteiger partial charge is 0.118 e. The zero-order chi connectivity index (χ0) is 13.7. The Labute approximate surface area is 115 Å². The van der Waals surface area contributed by atoms with E-state index in [9.17, 15) is 0 Å². The van der Waals surface area contributed by atoms with E-state index in [-0.39, 0.29) is 5.54 Å². The van der Waals surface area contributed by atoms with Crippen molar-refractivity contribution >= 4 is 0 Å². The van der Waals surface area contributed by atoms with Crippen molar-refractivity contribution in [3.8, 4) is 5.75 Å². The predicted molar refractivity (Wildman–Crippen MR) is 76.5 cm³/mol. The molecule has 2 N–H and O–H groups in total. The summed E-state index contributed by atoms with van der Waals surface area (Å²) in [6, 6.07) is 8.25. The van der Waals surface area contributed by atoms with Crippen LogP contribution >= 0.6 is 0 Å². The summed E-state index contributed by atoms with van der Waals surface area (Å²) >= 11 is 0. The lowest BCUT2D eigenvalue weighted by atomic mass is 9.90.